The number of halogens is 1. The third-order valence-electron chi connectivity index (χ3n) is 3.10. The van der Waals surface area contributed by atoms with Gasteiger partial charge < -0.3 is 10.1 Å². The number of anilines is 1. The first-order valence-corrected chi connectivity index (χ1v) is 7.52. The average Bonchev–Trinajstić information content (AvgIpc) is 2.80. The topological polar surface area (TPSA) is 39.1 Å². The zero-order valence-electron chi connectivity index (χ0n) is 12.1. The van der Waals surface area contributed by atoms with Gasteiger partial charge >= 0.3 is 0 Å². The molecule has 5 heteroatoms. The number of rotatable bonds is 6. The molecule has 0 unspecified atom stereocenters. The van der Waals surface area contributed by atoms with Crippen molar-refractivity contribution in [3.8, 4) is 5.69 Å². The standard InChI is InChI=1S/C15H20BrN3O/c1-4-12-9-13(16)5-6-14(12)19-10-11(2)18-15(19)17-7-8-20-3/h5-6,9-10H,4,7-8H2,1-3H3,(H,17,18). The van der Waals surface area contributed by atoms with E-state index in [2.05, 4.69) is 62.1 Å². The number of aromatic nitrogens is 2. The molecule has 2 rings (SSSR count). The predicted molar refractivity (Wildman–Crippen MR) is 85.7 cm³/mol. The average molecular weight is 338 g/mol. The largest absolute Gasteiger partial charge is 0.383 e. The highest BCUT2D eigenvalue weighted by molar-refractivity contribution is 9.10. The third kappa shape index (κ3) is 3.41. The van der Waals surface area contributed by atoms with Crippen LogP contribution >= 0.6 is 15.9 Å². The van der Waals surface area contributed by atoms with Gasteiger partial charge in [0.15, 0.2) is 0 Å². The lowest BCUT2D eigenvalue weighted by Crippen LogP contribution is -2.12. The molecule has 1 heterocycles. The minimum atomic E-state index is 0.660. The van der Waals surface area contributed by atoms with Crippen LogP contribution in [-0.4, -0.2) is 29.8 Å². The molecule has 4 nitrogen and oxygen atoms in total. The first-order chi connectivity index (χ1) is 9.65. The molecule has 0 aliphatic carbocycles. The lowest BCUT2D eigenvalue weighted by Gasteiger charge is -2.13. The molecule has 1 aromatic heterocycles. The molecule has 0 saturated carbocycles. The van der Waals surface area contributed by atoms with Gasteiger partial charge in [-0.1, -0.05) is 22.9 Å². The van der Waals surface area contributed by atoms with Crippen LogP contribution in [0.3, 0.4) is 0 Å². The molecule has 0 aliphatic heterocycles. The second-order valence-electron chi connectivity index (χ2n) is 4.62. The van der Waals surface area contributed by atoms with Gasteiger partial charge in [0.25, 0.3) is 0 Å². The Kier molecular flexibility index (Phi) is 5.20. The Hall–Kier alpha value is -1.33. The van der Waals surface area contributed by atoms with E-state index in [1.54, 1.807) is 7.11 Å². The van der Waals surface area contributed by atoms with Crippen LogP contribution in [0.1, 0.15) is 18.2 Å². The van der Waals surface area contributed by atoms with Gasteiger partial charge in [-0.2, -0.15) is 0 Å². The van der Waals surface area contributed by atoms with Gasteiger partial charge in [0.2, 0.25) is 5.95 Å². The summed E-state index contributed by atoms with van der Waals surface area (Å²) in [4.78, 5) is 4.54. The second-order valence-corrected chi connectivity index (χ2v) is 5.54. The summed E-state index contributed by atoms with van der Waals surface area (Å²) in [6, 6.07) is 6.33. The molecular formula is C15H20BrN3O. The van der Waals surface area contributed by atoms with E-state index >= 15 is 0 Å². The fraction of sp³-hybridized carbons (Fsp3) is 0.400. The Bertz CT molecular complexity index is 580. The van der Waals surface area contributed by atoms with Crippen molar-refractivity contribution in [1.82, 2.24) is 9.55 Å². The van der Waals surface area contributed by atoms with Crippen LogP contribution in [0.4, 0.5) is 5.95 Å². The first-order valence-electron chi connectivity index (χ1n) is 6.73. The van der Waals surface area contributed by atoms with E-state index in [1.165, 1.54) is 5.56 Å². The maximum absolute atomic E-state index is 5.07. The van der Waals surface area contributed by atoms with E-state index in [0.29, 0.717) is 6.61 Å². The predicted octanol–water partition coefficient (Wildman–Crippen LogP) is 3.56. The highest BCUT2D eigenvalue weighted by Crippen LogP contribution is 2.24. The number of aryl methyl sites for hydroxylation is 2. The molecule has 0 saturated heterocycles. The summed E-state index contributed by atoms with van der Waals surface area (Å²) in [5.74, 6) is 0.858. The van der Waals surface area contributed by atoms with Crippen LogP contribution in [0, 0.1) is 6.92 Å². The van der Waals surface area contributed by atoms with Crippen molar-refractivity contribution in [2.75, 3.05) is 25.6 Å². The van der Waals surface area contributed by atoms with Gasteiger partial charge in [-0.3, -0.25) is 4.57 Å². The molecule has 1 N–H and O–H groups in total. The number of benzene rings is 1. The maximum atomic E-state index is 5.07. The quantitative estimate of drug-likeness (QED) is 0.819. The first kappa shape index (κ1) is 15.1. The molecule has 0 atom stereocenters. The Labute approximate surface area is 128 Å². The number of hydrogen-bond donors (Lipinski definition) is 1. The lowest BCUT2D eigenvalue weighted by atomic mass is 10.1. The molecule has 20 heavy (non-hydrogen) atoms. The smallest absolute Gasteiger partial charge is 0.207 e. The highest BCUT2D eigenvalue weighted by atomic mass is 79.9. The molecule has 0 spiro atoms. The lowest BCUT2D eigenvalue weighted by molar-refractivity contribution is 0.210. The van der Waals surface area contributed by atoms with Gasteiger partial charge in [0, 0.05) is 24.3 Å². The van der Waals surface area contributed by atoms with Gasteiger partial charge in [0.05, 0.1) is 18.0 Å². The van der Waals surface area contributed by atoms with Crippen molar-refractivity contribution in [3.05, 3.63) is 40.1 Å². The Morgan fingerprint density at radius 3 is 2.90 bits per heavy atom. The van der Waals surface area contributed by atoms with Gasteiger partial charge in [0.1, 0.15) is 0 Å². The minimum Gasteiger partial charge on any atom is -0.383 e. The highest BCUT2D eigenvalue weighted by Gasteiger charge is 2.10. The normalized spacial score (nSPS) is 10.8. The number of imidazole rings is 1. The maximum Gasteiger partial charge on any atom is 0.207 e. The fourth-order valence-electron chi connectivity index (χ4n) is 2.14. The van der Waals surface area contributed by atoms with Crippen molar-refractivity contribution in [1.29, 1.82) is 0 Å². The number of ether oxygens (including phenoxy) is 1. The van der Waals surface area contributed by atoms with Crippen molar-refractivity contribution in [2.24, 2.45) is 0 Å². The summed E-state index contributed by atoms with van der Waals surface area (Å²) in [7, 11) is 1.70. The number of methoxy groups -OCH3 is 1. The van der Waals surface area contributed by atoms with E-state index in [9.17, 15) is 0 Å². The molecule has 2 aromatic rings. The van der Waals surface area contributed by atoms with Crippen molar-refractivity contribution in [2.45, 2.75) is 20.3 Å². The minimum absolute atomic E-state index is 0.660. The van der Waals surface area contributed by atoms with Crippen molar-refractivity contribution < 1.29 is 4.74 Å². The number of hydrogen-bond acceptors (Lipinski definition) is 3. The summed E-state index contributed by atoms with van der Waals surface area (Å²) in [6.07, 6.45) is 3.03. The molecule has 0 aliphatic rings. The van der Waals surface area contributed by atoms with E-state index in [-0.39, 0.29) is 0 Å². The second kappa shape index (κ2) is 6.90. The molecule has 0 bridgehead atoms. The van der Waals surface area contributed by atoms with E-state index < -0.39 is 0 Å². The molecule has 0 amide bonds. The number of nitrogens with zero attached hydrogens (tertiary/aromatic N) is 2. The van der Waals surface area contributed by atoms with Crippen molar-refractivity contribution in [3.63, 3.8) is 0 Å². The SMILES string of the molecule is CCc1cc(Br)ccc1-n1cc(C)nc1NCCOC. The van der Waals surface area contributed by atoms with E-state index in [1.807, 2.05) is 6.92 Å². The van der Waals surface area contributed by atoms with Gasteiger partial charge in [-0.25, -0.2) is 4.98 Å². The van der Waals surface area contributed by atoms with Gasteiger partial charge in [-0.05, 0) is 37.1 Å². The van der Waals surface area contributed by atoms with E-state index in [0.717, 1.165) is 34.8 Å². The third-order valence-corrected chi connectivity index (χ3v) is 3.59. The van der Waals surface area contributed by atoms with Crippen LogP contribution in [-0.2, 0) is 11.2 Å². The molecule has 0 radical (unpaired) electrons. The zero-order chi connectivity index (χ0) is 14.5. The molecule has 1 aromatic carbocycles. The van der Waals surface area contributed by atoms with Crippen LogP contribution in [0.2, 0.25) is 0 Å². The summed E-state index contributed by atoms with van der Waals surface area (Å²) in [5.41, 5.74) is 3.44. The summed E-state index contributed by atoms with van der Waals surface area (Å²) in [6.45, 7) is 5.56. The van der Waals surface area contributed by atoms with Crippen molar-refractivity contribution >= 4 is 21.9 Å². The molecule has 108 valence electrons. The van der Waals surface area contributed by atoms with Crippen LogP contribution in [0.15, 0.2) is 28.9 Å². The molecular weight excluding hydrogens is 318 g/mol. The van der Waals surface area contributed by atoms with Crippen LogP contribution in [0.25, 0.3) is 5.69 Å². The summed E-state index contributed by atoms with van der Waals surface area (Å²) in [5, 5.41) is 3.31. The zero-order valence-corrected chi connectivity index (χ0v) is 13.7. The fourth-order valence-corrected chi connectivity index (χ4v) is 2.55. The van der Waals surface area contributed by atoms with Crippen LogP contribution < -0.4 is 5.32 Å². The monoisotopic (exact) mass is 337 g/mol. The van der Waals surface area contributed by atoms with Crippen LogP contribution in [0.5, 0.6) is 0 Å². The Morgan fingerprint density at radius 1 is 1.40 bits per heavy atom. The Balaban J connectivity index is 2.36. The summed E-state index contributed by atoms with van der Waals surface area (Å²) < 4.78 is 8.28. The summed E-state index contributed by atoms with van der Waals surface area (Å²) >= 11 is 3.53. The number of nitrogens with one attached hydrogen (secondary N) is 1. The van der Waals surface area contributed by atoms with Gasteiger partial charge in [-0.15, -0.1) is 0 Å². The Morgan fingerprint density at radius 2 is 2.20 bits per heavy atom. The van der Waals surface area contributed by atoms with E-state index in [4.69, 9.17) is 4.74 Å². The molecule has 0 fully saturated rings.